The molecule has 1 aromatic rings. The molecule has 2 aliphatic heterocycles. The van der Waals surface area contributed by atoms with Crippen molar-refractivity contribution in [2.24, 2.45) is 16.5 Å². The first kappa shape index (κ1) is 19.3. The fourth-order valence-electron chi connectivity index (χ4n) is 4.04. The second kappa shape index (κ2) is 6.50. The Kier molecular flexibility index (Phi) is 4.33. The van der Waals surface area contributed by atoms with Gasteiger partial charge in [0, 0.05) is 18.2 Å². The molecule has 0 bridgehead atoms. The standard InChI is InChI=1S/C21H27N5O3/c1-20(2,3)29-19(28)25-21(8-9-21)11-26-15-7-5-4-6-12(15)13-10-14(17(23)27)16(22)24-18(13)26/h4-7,10,13,18H,8-9,11H2,1-3H3,(H2,22,24)(H2,23,27)(H,25,28). The van der Waals surface area contributed by atoms with Gasteiger partial charge in [0.05, 0.1) is 11.1 Å². The molecule has 8 nitrogen and oxygen atoms in total. The Morgan fingerprint density at radius 2 is 2.00 bits per heavy atom. The van der Waals surface area contributed by atoms with E-state index in [4.69, 9.17) is 16.2 Å². The molecule has 0 spiro atoms. The molecule has 5 N–H and O–H groups in total. The average Bonchev–Trinajstić information content (AvgIpc) is 3.30. The number of primary amides is 1. The molecular formula is C21H27N5O3. The Bertz CT molecular complexity index is 926. The van der Waals surface area contributed by atoms with E-state index in [-0.39, 0.29) is 29.0 Å². The largest absolute Gasteiger partial charge is 0.444 e. The molecule has 3 aliphatic rings. The number of nitrogens with two attached hydrogens (primary N) is 2. The third kappa shape index (κ3) is 3.66. The third-order valence-electron chi connectivity index (χ3n) is 5.50. The number of carbonyl (C=O) groups excluding carboxylic acids is 2. The van der Waals surface area contributed by atoms with Gasteiger partial charge in [0.1, 0.15) is 17.6 Å². The first-order chi connectivity index (χ1) is 13.6. The highest BCUT2D eigenvalue weighted by molar-refractivity contribution is 6.20. The summed E-state index contributed by atoms with van der Waals surface area (Å²) in [6.45, 7) is 6.11. The van der Waals surface area contributed by atoms with E-state index in [0.717, 1.165) is 24.1 Å². The number of dihydropyridines is 1. The molecule has 2 amide bonds. The van der Waals surface area contributed by atoms with E-state index in [1.165, 1.54) is 0 Å². The molecule has 1 fully saturated rings. The van der Waals surface area contributed by atoms with E-state index in [2.05, 4.69) is 15.2 Å². The van der Waals surface area contributed by atoms with Crippen molar-refractivity contribution in [2.75, 3.05) is 11.4 Å². The second-order valence-corrected chi connectivity index (χ2v) is 8.99. The van der Waals surface area contributed by atoms with E-state index >= 15 is 0 Å². The number of aliphatic imine (C=N–C) groups is 1. The van der Waals surface area contributed by atoms with Crippen LogP contribution in [-0.4, -0.2) is 41.7 Å². The Balaban J connectivity index is 1.60. The maximum absolute atomic E-state index is 12.3. The maximum Gasteiger partial charge on any atom is 0.408 e. The molecule has 0 radical (unpaired) electrons. The van der Waals surface area contributed by atoms with Gasteiger partial charge in [-0.15, -0.1) is 0 Å². The van der Waals surface area contributed by atoms with Crippen molar-refractivity contribution in [1.82, 2.24) is 5.32 Å². The Labute approximate surface area is 170 Å². The lowest BCUT2D eigenvalue weighted by Crippen LogP contribution is -2.50. The number of amidine groups is 1. The fraction of sp³-hybridized carbons (Fsp3) is 0.476. The lowest BCUT2D eigenvalue weighted by molar-refractivity contribution is -0.114. The van der Waals surface area contributed by atoms with Crippen LogP contribution in [0.25, 0.3) is 0 Å². The zero-order valence-electron chi connectivity index (χ0n) is 16.9. The van der Waals surface area contributed by atoms with E-state index in [9.17, 15) is 9.59 Å². The summed E-state index contributed by atoms with van der Waals surface area (Å²) in [7, 11) is 0. The smallest absolute Gasteiger partial charge is 0.408 e. The van der Waals surface area contributed by atoms with Crippen molar-refractivity contribution in [3.8, 4) is 0 Å². The molecule has 0 saturated heterocycles. The quantitative estimate of drug-likeness (QED) is 0.714. The summed E-state index contributed by atoms with van der Waals surface area (Å²) < 4.78 is 5.43. The molecular weight excluding hydrogens is 370 g/mol. The molecule has 154 valence electrons. The van der Waals surface area contributed by atoms with Gasteiger partial charge < -0.3 is 26.4 Å². The van der Waals surface area contributed by atoms with Gasteiger partial charge in [-0.25, -0.2) is 9.79 Å². The molecule has 8 heteroatoms. The normalized spacial score (nSPS) is 24.0. The van der Waals surface area contributed by atoms with Crippen LogP contribution in [0.15, 0.2) is 40.9 Å². The van der Waals surface area contributed by atoms with E-state index < -0.39 is 17.6 Å². The fourth-order valence-corrected chi connectivity index (χ4v) is 4.04. The van der Waals surface area contributed by atoms with Crippen molar-refractivity contribution in [1.29, 1.82) is 0 Å². The van der Waals surface area contributed by atoms with Gasteiger partial charge in [-0.2, -0.15) is 0 Å². The summed E-state index contributed by atoms with van der Waals surface area (Å²) in [5.74, 6) is -0.536. The van der Waals surface area contributed by atoms with Gasteiger partial charge in [0.2, 0.25) is 0 Å². The highest BCUT2D eigenvalue weighted by atomic mass is 16.6. The summed E-state index contributed by atoms with van der Waals surface area (Å²) in [5.41, 5.74) is 12.9. The molecule has 2 unspecified atom stereocenters. The van der Waals surface area contributed by atoms with Gasteiger partial charge in [-0.3, -0.25) is 4.79 Å². The number of para-hydroxylation sites is 1. The van der Waals surface area contributed by atoms with E-state index in [1.807, 2.05) is 51.1 Å². The first-order valence-electron chi connectivity index (χ1n) is 9.81. The van der Waals surface area contributed by atoms with E-state index in [0.29, 0.717) is 6.54 Å². The van der Waals surface area contributed by atoms with Crippen LogP contribution in [-0.2, 0) is 9.53 Å². The minimum Gasteiger partial charge on any atom is -0.444 e. The van der Waals surface area contributed by atoms with Crippen LogP contribution >= 0.6 is 0 Å². The lowest BCUT2D eigenvalue weighted by atomic mass is 9.93. The van der Waals surface area contributed by atoms with Crippen molar-refractivity contribution in [3.63, 3.8) is 0 Å². The summed E-state index contributed by atoms with van der Waals surface area (Å²) >= 11 is 0. The molecule has 4 rings (SSSR count). The number of fused-ring (bicyclic) bond motifs is 3. The Morgan fingerprint density at radius 1 is 1.31 bits per heavy atom. The zero-order valence-corrected chi connectivity index (χ0v) is 16.9. The third-order valence-corrected chi connectivity index (χ3v) is 5.50. The summed E-state index contributed by atoms with van der Waals surface area (Å²) in [6, 6.07) is 7.99. The van der Waals surface area contributed by atoms with Gasteiger partial charge >= 0.3 is 6.09 Å². The Morgan fingerprint density at radius 3 is 2.62 bits per heavy atom. The number of nitrogens with one attached hydrogen (secondary N) is 1. The monoisotopic (exact) mass is 397 g/mol. The summed E-state index contributed by atoms with van der Waals surface area (Å²) in [6.07, 6.45) is 2.86. The van der Waals surface area contributed by atoms with Gasteiger partial charge in [-0.05, 0) is 45.2 Å². The van der Waals surface area contributed by atoms with E-state index in [1.54, 1.807) is 0 Å². The Hall–Kier alpha value is -3.03. The highest BCUT2D eigenvalue weighted by Crippen LogP contribution is 2.47. The minimum atomic E-state index is -0.578. The molecule has 0 aromatic heterocycles. The van der Waals surface area contributed by atoms with Crippen LogP contribution < -0.4 is 21.7 Å². The van der Waals surface area contributed by atoms with Crippen LogP contribution in [0.2, 0.25) is 0 Å². The number of hydrogen-bond acceptors (Lipinski definition) is 6. The summed E-state index contributed by atoms with van der Waals surface area (Å²) in [5, 5.41) is 3.04. The maximum atomic E-state index is 12.3. The van der Waals surface area contributed by atoms with Gasteiger partial charge in [0.25, 0.3) is 5.91 Å². The molecule has 1 aromatic carbocycles. The van der Waals surface area contributed by atoms with Crippen LogP contribution in [0.3, 0.4) is 0 Å². The van der Waals surface area contributed by atoms with Crippen molar-refractivity contribution >= 4 is 23.5 Å². The molecule has 2 atom stereocenters. The topological polar surface area (TPSA) is 123 Å². The number of nitrogens with zero attached hydrogens (tertiary/aromatic N) is 2. The number of carbonyl (C=O) groups is 2. The average molecular weight is 397 g/mol. The predicted molar refractivity (Wildman–Crippen MR) is 111 cm³/mol. The van der Waals surface area contributed by atoms with Gasteiger partial charge in [0.15, 0.2) is 0 Å². The number of ether oxygens (including phenoxy) is 1. The molecule has 1 aliphatic carbocycles. The van der Waals surface area contributed by atoms with Crippen molar-refractivity contribution < 1.29 is 14.3 Å². The first-order valence-corrected chi connectivity index (χ1v) is 9.81. The summed E-state index contributed by atoms with van der Waals surface area (Å²) in [4.78, 5) is 30.8. The van der Waals surface area contributed by atoms with Crippen LogP contribution in [0.5, 0.6) is 0 Å². The minimum absolute atomic E-state index is 0.113. The molecule has 29 heavy (non-hydrogen) atoms. The van der Waals surface area contributed by atoms with Crippen LogP contribution in [0.4, 0.5) is 10.5 Å². The number of hydrogen-bond donors (Lipinski definition) is 3. The molecule has 2 heterocycles. The number of anilines is 1. The van der Waals surface area contributed by atoms with Crippen LogP contribution in [0, 0.1) is 0 Å². The lowest BCUT2D eigenvalue weighted by Gasteiger charge is -2.33. The van der Waals surface area contributed by atoms with Crippen LogP contribution in [0.1, 0.15) is 45.1 Å². The number of amides is 2. The number of benzene rings is 1. The van der Waals surface area contributed by atoms with Crippen molar-refractivity contribution in [2.45, 2.75) is 56.8 Å². The molecule has 1 saturated carbocycles. The zero-order chi connectivity index (χ0) is 21.0. The second-order valence-electron chi connectivity index (χ2n) is 8.99. The highest BCUT2D eigenvalue weighted by Gasteiger charge is 2.50. The number of alkyl carbamates (subject to hydrolysis) is 1. The SMILES string of the molecule is CC(C)(C)OC(=O)NC1(CN2c3ccccc3C3C=C(C(N)=O)C(N)=NC32)CC1. The van der Waals surface area contributed by atoms with Gasteiger partial charge in [-0.1, -0.05) is 24.3 Å². The van der Waals surface area contributed by atoms with Crippen molar-refractivity contribution in [3.05, 3.63) is 41.5 Å². The predicted octanol–water partition coefficient (Wildman–Crippen LogP) is 1.76. The number of rotatable bonds is 4.